The number of nitrogens with zero attached hydrogens (tertiary/aromatic N) is 1. The van der Waals surface area contributed by atoms with Gasteiger partial charge in [0.25, 0.3) is 11.8 Å². The largest absolute Gasteiger partial charge is 0.462 e. The number of anilines is 1. The molecule has 1 aliphatic heterocycles. The minimum atomic E-state index is -0.373. The predicted molar refractivity (Wildman–Crippen MR) is 127 cm³/mol. The third-order valence-electron chi connectivity index (χ3n) is 4.57. The van der Waals surface area contributed by atoms with E-state index in [9.17, 15) is 14.4 Å². The lowest BCUT2D eigenvalue weighted by molar-refractivity contribution is -0.121. The average Bonchev–Trinajstić information content (AvgIpc) is 3.01. The number of rotatable bonds is 7. The number of ether oxygens (including phenoxy) is 1. The van der Waals surface area contributed by atoms with Crippen molar-refractivity contribution in [3.05, 3.63) is 70.1 Å². The molecule has 1 fully saturated rings. The first kappa shape index (κ1) is 22.7. The molecule has 1 saturated heterocycles. The van der Waals surface area contributed by atoms with Gasteiger partial charge in [-0.1, -0.05) is 49.5 Å². The molecule has 3 rings (SSSR count). The fraction of sp³-hybridized carbons (Fsp3) is 0.217. The first-order valence-corrected chi connectivity index (χ1v) is 11.0. The van der Waals surface area contributed by atoms with E-state index in [-0.39, 0.29) is 17.8 Å². The monoisotopic (exact) mass is 454 g/mol. The molecule has 0 aliphatic carbocycles. The van der Waals surface area contributed by atoms with E-state index >= 15 is 0 Å². The van der Waals surface area contributed by atoms with Crippen LogP contribution in [0, 0.1) is 0 Å². The molecule has 0 aromatic heterocycles. The Kier molecular flexibility index (Phi) is 7.59. The van der Waals surface area contributed by atoms with Gasteiger partial charge in [0.1, 0.15) is 4.32 Å². The Morgan fingerprint density at radius 3 is 2.32 bits per heavy atom. The summed E-state index contributed by atoms with van der Waals surface area (Å²) in [6, 6.07) is 13.5. The van der Waals surface area contributed by atoms with E-state index in [2.05, 4.69) is 5.32 Å². The minimum absolute atomic E-state index is 0.130. The van der Waals surface area contributed by atoms with Gasteiger partial charge in [-0.15, -0.1) is 0 Å². The van der Waals surface area contributed by atoms with Crippen LogP contribution >= 0.6 is 24.0 Å². The van der Waals surface area contributed by atoms with Crippen molar-refractivity contribution in [2.24, 2.45) is 0 Å². The number of carbonyl (C=O) groups is 3. The van der Waals surface area contributed by atoms with Crippen molar-refractivity contribution in [3.8, 4) is 0 Å². The van der Waals surface area contributed by atoms with Crippen LogP contribution in [0.3, 0.4) is 0 Å². The van der Waals surface area contributed by atoms with Crippen molar-refractivity contribution in [2.75, 3.05) is 19.0 Å². The number of benzene rings is 2. The van der Waals surface area contributed by atoms with E-state index < -0.39 is 0 Å². The van der Waals surface area contributed by atoms with Gasteiger partial charge in [-0.05, 0) is 54.5 Å². The second-order valence-electron chi connectivity index (χ2n) is 6.88. The Labute approximate surface area is 190 Å². The number of likely N-dealkylation sites (N-methyl/N-ethyl adjacent to an activating group) is 1. The molecular weight excluding hydrogens is 432 g/mol. The van der Waals surface area contributed by atoms with Crippen LogP contribution in [0.5, 0.6) is 0 Å². The zero-order chi connectivity index (χ0) is 22.4. The highest BCUT2D eigenvalue weighted by Crippen LogP contribution is 2.31. The van der Waals surface area contributed by atoms with Crippen LogP contribution < -0.4 is 5.32 Å². The van der Waals surface area contributed by atoms with E-state index in [0.717, 1.165) is 18.4 Å². The normalized spacial score (nSPS) is 14.8. The summed E-state index contributed by atoms with van der Waals surface area (Å²) in [6.45, 7) is 2.43. The zero-order valence-corrected chi connectivity index (χ0v) is 18.8. The van der Waals surface area contributed by atoms with Gasteiger partial charge >= 0.3 is 5.97 Å². The summed E-state index contributed by atoms with van der Waals surface area (Å²) < 4.78 is 5.69. The van der Waals surface area contributed by atoms with Crippen LogP contribution in [0.2, 0.25) is 0 Å². The molecule has 6 nitrogen and oxygen atoms in total. The van der Waals surface area contributed by atoms with Crippen LogP contribution in [0.1, 0.15) is 46.0 Å². The maximum atomic E-state index is 12.5. The van der Waals surface area contributed by atoms with E-state index in [4.69, 9.17) is 17.0 Å². The van der Waals surface area contributed by atoms with E-state index in [1.807, 2.05) is 6.92 Å². The summed E-state index contributed by atoms with van der Waals surface area (Å²) in [5.74, 6) is -0.777. The molecule has 1 heterocycles. The Hall–Kier alpha value is -2.97. The summed E-state index contributed by atoms with van der Waals surface area (Å²) in [4.78, 5) is 38.5. The fourth-order valence-corrected chi connectivity index (χ4v) is 3.89. The Balaban J connectivity index is 1.60. The lowest BCUT2D eigenvalue weighted by atomic mass is 10.1. The van der Waals surface area contributed by atoms with Crippen LogP contribution in [-0.2, 0) is 9.53 Å². The highest BCUT2D eigenvalue weighted by molar-refractivity contribution is 8.26. The molecule has 0 spiro atoms. The first-order chi connectivity index (χ1) is 14.9. The van der Waals surface area contributed by atoms with Gasteiger partial charge in [-0.3, -0.25) is 14.5 Å². The van der Waals surface area contributed by atoms with Gasteiger partial charge < -0.3 is 10.1 Å². The van der Waals surface area contributed by atoms with Crippen LogP contribution in [-0.4, -0.2) is 40.7 Å². The van der Waals surface area contributed by atoms with Crippen molar-refractivity contribution in [1.29, 1.82) is 0 Å². The zero-order valence-electron chi connectivity index (χ0n) is 17.2. The fourth-order valence-electron chi connectivity index (χ4n) is 2.71. The molecule has 0 saturated carbocycles. The molecule has 0 bridgehead atoms. The highest BCUT2D eigenvalue weighted by Gasteiger charge is 2.28. The van der Waals surface area contributed by atoms with Gasteiger partial charge in [-0.25, -0.2) is 4.79 Å². The molecule has 2 aromatic rings. The molecule has 1 aliphatic rings. The summed E-state index contributed by atoms with van der Waals surface area (Å²) in [5, 5.41) is 2.80. The van der Waals surface area contributed by atoms with Gasteiger partial charge in [0.2, 0.25) is 0 Å². The number of thiocarbonyl (C=S) groups is 1. The molecular formula is C23H22N2O4S2. The maximum Gasteiger partial charge on any atom is 0.338 e. The summed E-state index contributed by atoms with van der Waals surface area (Å²) in [7, 11) is 1.65. The number of unbranched alkanes of at least 4 members (excludes halogenated alkanes) is 1. The Morgan fingerprint density at radius 1 is 1.10 bits per heavy atom. The quantitative estimate of drug-likeness (QED) is 0.282. The summed E-state index contributed by atoms with van der Waals surface area (Å²) in [6.07, 6.45) is 3.54. The van der Waals surface area contributed by atoms with Crippen molar-refractivity contribution < 1.29 is 19.1 Å². The lowest BCUT2D eigenvalue weighted by Crippen LogP contribution is -2.22. The molecule has 2 aromatic carbocycles. The molecule has 160 valence electrons. The second kappa shape index (κ2) is 10.4. The van der Waals surface area contributed by atoms with Gasteiger partial charge in [0.15, 0.2) is 0 Å². The topological polar surface area (TPSA) is 75.7 Å². The number of carbonyl (C=O) groups excluding carboxylic acids is 3. The van der Waals surface area contributed by atoms with Crippen molar-refractivity contribution >= 4 is 57.8 Å². The Morgan fingerprint density at radius 2 is 1.74 bits per heavy atom. The Bertz CT molecular complexity index is 1030. The molecule has 0 radical (unpaired) electrons. The number of nitrogens with one attached hydrogen (secondary N) is 1. The molecule has 0 atom stereocenters. The lowest BCUT2D eigenvalue weighted by Gasteiger charge is -2.07. The second-order valence-corrected chi connectivity index (χ2v) is 8.56. The predicted octanol–water partition coefficient (Wildman–Crippen LogP) is 4.73. The van der Waals surface area contributed by atoms with E-state index in [1.54, 1.807) is 61.7 Å². The van der Waals surface area contributed by atoms with Gasteiger partial charge in [-0.2, -0.15) is 0 Å². The molecule has 31 heavy (non-hydrogen) atoms. The summed E-state index contributed by atoms with van der Waals surface area (Å²) >= 11 is 6.38. The molecule has 2 amide bonds. The van der Waals surface area contributed by atoms with Crippen LogP contribution in [0.25, 0.3) is 6.08 Å². The van der Waals surface area contributed by atoms with E-state index in [1.165, 1.54) is 16.7 Å². The van der Waals surface area contributed by atoms with Crippen molar-refractivity contribution in [3.63, 3.8) is 0 Å². The smallest absolute Gasteiger partial charge is 0.338 e. The number of amides is 2. The SMILES string of the molecule is CCCCOC(=O)c1ccc(NC(=O)c2ccc(/C=C3/SC(=S)N(C)C3=O)cc2)cc1. The van der Waals surface area contributed by atoms with Gasteiger partial charge in [0.05, 0.1) is 17.1 Å². The highest BCUT2D eigenvalue weighted by atomic mass is 32.2. The van der Waals surface area contributed by atoms with Crippen molar-refractivity contribution in [2.45, 2.75) is 19.8 Å². The first-order valence-electron chi connectivity index (χ1n) is 9.79. The summed E-state index contributed by atoms with van der Waals surface area (Å²) in [5.41, 5.74) is 2.29. The number of hydrogen-bond donors (Lipinski definition) is 1. The minimum Gasteiger partial charge on any atom is -0.462 e. The molecule has 1 N–H and O–H groups in total. The van der Waals surface area contributed by atoms with Crippen LogP contribution in [0.15, 0.2) is 53.4 Å². The van der Waals surface area contributed by atoms with Crippen molar-refractivity contribution in [1.82, 2.24) is 4.90 Å². The maximum absolute atomic E-state index is 12.5. The molecule has 0 unspecified atom stereocenters. The standard InChI is InChI=1S/C23H22N2O4S2/c1-3-4-13-29-22(28)17-9-11-18(12-10-17)24-20(26)16-7-5-15(6-8-16)14-19-21(27)25(2)23(30)31-19/h5-12,14H,3-4,13H2,1-2H3,(H,24,26)/b19-14+. The number of thioether (sulfide) groups is 1. The number of esters is 1. The van der Waals surface area contributed by atoms with Gasteiger partial charge in [0, 0.05) is 18.3 Å². The number of hydrogen-bond acceptors (Lipinski definition) is 6. The average molecular weight is 455 g/mol. The third-order valence-corrected chi connectivity index (χ3v) is 6.05. The molecule has 8 heteroatoms. The van der Waals surface area contributed by atoms with Crippen LogP contribution in [0.4, 0.5) is 5.69 Å². The third kappa shape index (κ3) is 5.80. The van der Waals surface area contributed by atoms with E-state index in [0.29, 0.717) is 32.6 Å².